The first-order chi connectivity index (χ1) is 17.6. The SMILES string of the molecule is COc1cc([C@H]2CC(=O)Oc3cc(OC)c4c(=O)cc(-c5ccccc5)oc4c32)cc2c1OCCO2. The topological polar surface area (TPSA) is 93.4 Å². The molecule has 0 spiro atoms. The van der Waals surface area contributed by atoms with E-state index in [1.165, 1.54) is 13.2 Å². The van der Waals surface area contributed by atoms with E-state index >= 15 is 0 Å². The molecular formula is C28H22O8. The van der Waals surface area contributed by atoms with Crippen LogP contribution in [-0.2, 0) is 4.79 Å². The molecule has 4 aromatic rings. The van der Waals surface area contributed by atoms with Crippen molar-refractivity contribution in [2.45, 2.75) is 12.3 Å². The van der Waals surface area contributed by atoms with Crippen LogP contribution in [0.2, 0.25) is 0 Å². The van der Waals surface area contributed by atoms with Crippen LogP contribution in [0, 0.1) is 0 Å². The molecule has 2 aliphatic rings. The summed E-state index contributed by atoms with van der Waals surface area (Å²) in [6.07, 6.45) is 0.0382. The molecule has 0 fully saturated rings. The molecule has 1 aromatic heterocycles. The Morgan fingerprint density at radius 1 is 0.861 bits per heavy atom. The van der Waals surface area contributed by atoms with Gasteiger partial charge in [0, 0.05) is 29.2 Å². The van der Waals surface area contributed by atoms with E-state index in [2.05, 4.69) is 0 Å². The van der Waals surface area contributed by atoms with Crippen molar-refractivity contribution in [2.75, 3.05) is 27.4 Å². The molecule has 0 radical (unpaired) electrons. The predicted octanol–water partition coefficient (Wildman–Crippen LogP) is 4.69. The summed E-state index contributed by atoms with van der Waals surface area (Å²) < 4.78 is 34.6. The summed E-state index contributed by atoms with van der Waals surface area (Å²) in [5.74, 6) is 1.58. The maximum atomic E-state index is 13.3. The Kier molecular flexibility index (Phi) is 5.29. The van der Waals surface area contributed by atoms with Gasteiger partial charge < -0.3 is 28.1 Å². The maximum absolute atomic E-state index is 13.3. The molecule has 8 heteroatoms. The predicted molar refractivity (Wildman–Crippen MR) is 131 cm³/mol. The van der Waals surface area contributed by atoms with E-state index in [4.69, 9.17) is 28.1 Å². The number of benzene rings is 3. The normalized spacial score (nSPS) is 16.3. The average Bonchev–Trinajstić information content (AvgIpc) is 2.91. The lowest BCUT2D eigenvalue weighted by molar-refractivity contribution is -0.135. The van der Waals surface area contributed by atoms with Gasteiger partial charge in [-0.1, -0.05) is 30.3 Å². The lowest BCUT2D eigenvalue weighted by Gasteiger charge is -2.28. The van der Waals surface area contributed by atoms with Crippen LogP contribution in [0.1, 0.15) is 23.5 Å². The molecule has 8 nitrogen and oxygen atoms in total. The molecule has 0 amide bonds. The average molecular weight is 486 g/mol. The second-order valence-electron chi connectivity index (χ2n) is 8.51. The molecule has 0 saturated heterocycles. The van der Waals surface area contributed by atoms with Gasteiger partial charge in [0.25, 0.3) is 0 Å². The number of fused-ring (bicyclic) bond motifs is 4. The fourth-order valence-corrected chi connectivity index (χ4v) is 4.83. The van der Waals surface area contributed by atoms with E-state index in [1.54, 1.807) is 13.2 Å². The minimum Gasteiger partial charge on any atom is -0.496 e. The molecule has 36 heavy (non-hydrogen) atoms. The maximum Gasteiger partial charge on any atom is 0.312 e. The first kappa shape index (κ1) is 22.0. The molecule has 0 aliphatic carbocycles. The highest BCUT2D eigenvalue weighted by Crippen LogP contribution is 2.49. The van der Waals surface area contributed by atoms with Crippen LogP contribution in [0.4, 0.5) is 0 Å². The van der Waals surface area contributed by atoms with Crippen LogP contribution in [-0.4, -0.2) is 33.4 Å². The third-order valence-electron chi connectivity index (χ3n) is 6.44. The van der Waals surface area contributed by atoms with Crippen molar-refractivity contribution in [1.29, 1.82) is 0 Å². The summed E-state index contributed by atoms with van der Waals surface area (Å²) in [6, 6.07) is 16.0. The third-order valence-corrected chi connectivity index (χ3v) is 6.44. The summed E-state index contributed by atoms with van der Waals surface area (Å²) in [6.45, 7) is 0.817. The van der Waals surface area contributed by atoms with E-state index < -0.39 is 11.9 Å². The lowest BCUT2D eigenvalue weighted by Crippen LogP contribution is -2.23. The lowest BCUT2D eigenvalue weighted by atomic mass is 9.84. The molecule has 1 atom stereocenters. The molecule has 0 saturated carbocycles. The first-order valence-electron chi connectivity index (χ1n) is 11.5. The molecule has 3 aromatic carbocycles. The van der Waals surface area contributed by atoms with Gasteiger partial charge in [-0.2, -0.15) is 0 Å². The van der Waals surface area contributed by atoms with Crippen LogP contribution in [0.15, 0.2) is 63.8 Å². The number of hydrogen-bond acceptors (Lipinski definition) is 8. The van der Waals surface area contributed by atoms with E-state index in [0.29, 0.717) is 47.4 Å². The molecular weight excluding hydrogens is 464 g/mol. The number of esters is 1. The molecule has 6 rings (SSSR count). The van der Waals surface area contributed by atoms with Gasteiger partial charge >= 0.3 is 5.97 Å². The molecule has 3 heterocycles. The molecule has 2 aliphatic heterocycles. The van der Waals surface area contributed by atoms with Crippen molar-refractivity contribution >= 4 is 16.9 Å². The Labute approximate surface area is 205 Å². The second-order valence-corrected chi connectivity index (χ2v) is 8.51. The highest BCUT2D eigenvalue weighted by Gasteiger charge is 2.35. The van der Waals surface area contributed by atoms with Crippen molar-refractivity contribution in [2.24, 2.45) is 0 Å². The standard InChI is InChI=1S/C28H22O8/c1-31-20-14-21-25(28-26(20)18(29)13-19(36-28)15-6-4-3-5-7-15)17(12-24(30)35-21)16-10-22(32-2)27-23(11-16)33-8-9-34-27/h3-7,10-11,13-14,17H,8-9,12H2,1-2H3/t17-/m1/s1. The summed E-state index contributed by atoms with van der Waals surface area (Å²) in [5, 5.41) is 0.281. The van der Waals surface area contributed by atoms with Crippen LogP contribution in [0.25, 0.3) is 22.3 Å². The summed E-state index contributed by atoms with van der Waals surface area (Å²) in [7, 11) is 3.01. The monoisotopic (exact) mass is 486 g/mol. The van der Waals surface area contributed by atoms with Crippen LogP contribution < -0.4 is 29.1 Å². The van der Waals surface area contributed by atoms with Crippen molar-refractivity contribution in [1.82, 2.24) is 0 Å². The Hall–Kier alpha value is -4.46. The summed E-state index contributed by atoms with van der Waals surface area (Å²) in [5.41, 5.74) is 2.12. The Balaban J connectivity index is 1.64. The van der Waals surface area contributed by atoms with Gasteiger partial charge in [-0.05, 0) is 17.7 Å². The molecule has 0 N–H and O–H groups in total. The van der Waals surface area contributed by atoms with Crippen LogP contribution >= 0.6 is 0 Å². The number of carbonyl (C=O) groups excluding carboxylic acids is 1. The van der Waals surface area contributed by atoms with Crippen molar-refractivity contribution in [3.63, 3.8) is 0 Å². The number of hydrogen-bond donors (Lipinski definition) is 0. The molecule has 182 valence electrons. The van der Waals surface area contributed by atoms with Gasteiger partial charge in [-0.3, -0.25) is 9.59 Å². The van der Waals surface area contributed by atoms with E-state index in [-0.39, 0.29) is 28.7 Å². The fraction of sp³-hybridized carbons (Fsp3) is 0.214. The van der Waals surface area contributed by atoms with Gasteiger partial charge in [0.05, 0.1) is 20.6 Å². The second kappa shape index (κ2) is 8.64. The zero-order valence-electron chi connectivity index (χ0n) is 19.7. The van der Waals surface area contributed by atoms with E-state index in [9.17, 15) is 9.59 Å². The Morgan fingerprint density at radius 2 is 1.64 bits per heavy atom. The van der Waals surface area contributed by atoms with Crippen molar-refractivity contribution in [3.05, 3.63) is 75.9 Å². The fourth-order valence-electron chi connectivity index (χ4n) is 4.83. The van der Waals surface area contributed by atoms with E-state index in [1.807, 2.05) is 42.5 Å². The van der Waals surface area contributed by atoms with Gasteiger partial charge in [0.2, 0.25) is 5.75 Å². The minimum atomic E-state index is -0.492. The number of rotatable bonds is 4. The van der Waals surface area contributed by atoms with Crippen molar-refractivity contribution < 1.29 is 32.9 Å². The van der Waals surface area contributed by atoms with Crippen LogP contribution in [0.3, 0.4) is 0 Å². The Bertz CT molecular complexity index is 1540. The van der Waals surface area contributed by atoms with Gasteiger partial charge in [-0.15, -0.1) is 0 Å². The largest absolute Gasteiger partial charge is 0.496 e. The minimum absolute atomic E-state index is 0.0382. The Morgan fingerprint density at radius 3 is 2.42 bits per heavy atom. The smallest absolute Gasteiger partial charge is 0.312 e. The number of ether oxygens (including phenoxy) is 5. The first-order valence-corrected chi connectivity index (χ1v) is 11.5. The van der Waals surface area contributed by atoms with Crippen LogP contribution in [0.5, 0.6) is 28.7 Å². The zero-order valence-corrected chi connectivity index (χ0v) is 19.7. The van der Waals surface area contributed by atoms with Gasteiger partial charge in [0.1, 0.15) is 41.4 Å². The summed E-state index contributed by atoms with van der Waals surface area (Å²) >= 11 is 0. The highest BCUT2D eigenvalue weighted by molar-refractivity contribution is 5.93. The summed E-state index contributed by atoms with van der Waals surface area (Å²) in [4.78, 5) is 26.0. The third kappa shape index (κ3) is 3.53. The molecule has 0 unspecified atom stereocenters. The number of methoxy groups -OCH3 is 2. The zero-order chi connectivity index (χ0) is 24.8. The van der Waals surface area contributed by atoms with Gasteiger partial charge in [-0.25, -0.2) is 0 Å². The highest BCUT2D eigenvalue weighted by atomic mass is 16.6. The molecule has 0 bridgehead atoms. The quantitative estimate of drug-likeness (QED) is 0.303. The van der Waals surface area contributed by atoms with Crippen molar-refractivity contribution in [3.8, 4) is 40.1 Å². The van der Waals surface area contributed by atoms with E-state index in [0.717, 1.165) is 11.1 Å². The van der Waals surface area contributed by atoms with Gasteiger partial charge in [0.15, 0.2) is 16.9 Å². The number of carbonyl (C=O) groups is 1.